The van der Waals surface area contributed by atoms with E-state index in [1.165, 1.54) is 0 Å². The Balaban J connectivity index is 1.53. The van der Waals surface area contributed by atoms with Gasteiger partial charge in [-0.05, 0) is 55.0 Å². The number of anilines is 1. The van der Waals surface area contributed by atoms with E-state index >= 15 is 0 Å². The maximum atomic E-state index is 12.9. The molecule has 1 N–H and O–H groups in total. The molecule has 0 radical (unpaired) electrons. The third kappa shape index (κ3) is 5.13. The molecular formula is C25H30N2O4. The summed E-state index contributed by atoms with van der Waals surface area (Å²) in [5, 5.41) is 2.56. The normalized spacial score (nSPS) is 16.4. The van der Waals surface area contributed by atoms with Gasteiger partial charge in [-0.25, -0.2) is 0 Å². The highest BCUT2D eigenvalue weighted by molar-refractivity contribution is 6.00. The van der Waals surface area contributed by atoms with Crippen molar-refractivity contribution in [2.45, 2.75) is 58.6 Å². The van der Waals surface area contributed by atoms with E-state index in [2.05, 4.69) is 26.1 Å². The lowest BCUT2D eigenvalue weighted by Crippen LogP contribution is -2.44. The smallest absolute Gasteiger partial charge is 0.326 e. The molecule has 0 aromatic heterocycles. The Labute approximate surface area is 183 Å². The Kier molecular flexibility index (Phi) is 6.48. The summed E-state index contributed by atoms with van der Waals surface area (Å²) in [5.41, 5.74) is 3.54. The van der Waals surface area contributed by atoms with Crippen molar-refractivity contribution in [1.82, 2.24) is 5.32 Å². The Morgan fingerprint density at radius 3 is 2.39 bits per heavy atom. The molecule has 6 heteroatoms. The van der Waals surface area contributed by atoms with Crippen LogP contribution < -0.4 is 10.2 Å². The van der Waals surface area contributed by atoms with E-state index in [4.69, 9.17) is 4.74 Å². The topological polar surface area (TPSA) is 75.7 Å². The van der Waals surface area contributed by atoms with Crippen LogP contribution in [0.15, 0.2) is 48.5 Å². The molecule has 1 heterocycles. The summed E-state index contributed by atoms with van der Waals surface area (Å²) < 4.78 is 5.29. The monoisotopic (exact) mass is 422 g/mol. The molecule has 2 aromatic carbocycles. The third-order valence-corrected chi connectivity index (χ3v) is 5.51. The molecule has 0 saturated carbocycles. The SMILES string of the molecule is C[C@@H](OC(=O)CNC(=O)c1ccc(C(C)(C)C)cc1)C(=O)N1c2ccccc2C[C@@H]1C. The first-order valence-electron chi connectivity index (χ1n) is 10.6. The number of fused-ring (bicyclic) bond motifs is 1. The lowest BCUT2D eigenvalue weighted by Gasteiger charge is -2.26. The van der Waals surface area contributed by atoms with Crippen molar-refractivity contribution in [3.63, 3.8) is 0 Å². The molecule has 1 aliphatic rings. The number of carbonyl (C=O) groups is 3. The number of hydrogen-bond donors (Lipinski definition) is 1. The molecule has 31 heavy (non-hydrogen) atoms. The van der Waals surface area contributed by atoms with Crippen LogP contribution in [-0.4, -0.2) is 36.5 Å². The number of amides is 2. The van der Waals surface area contributed by atoms with Crippen LogP contribution in [0.25, 0.3) is 0 Å². The van der Waals surface area contributed by atoms with E-state index < -0.39 is 12.1 Å². The van der Waals surface area contributed by atoms with Gasteiger partial charge in [-0.15, -0.1) is 0 Å². The molecule has 6 nitrogen and oxygen atoms in total. The first kappa shape index (κ1) is 22.5. The summed E-state index contributed by atoms with van der Waals surface area (Å²) in [5.74, 6) is -1.28. The Hall–Kier alpha value is -3.15. The fraction of sp³-hybridized carbons (Fsp3) is 0.400. The van der Waals surface area contributed by atoms with E-state index in [1.54, 1.807) is 24.0 Å². The summed E-state index contributed by atoms with van der Waals surface area (Å²) in [6, 6.07) is 15.0. The highest BCUT2D eigenvalue weighted by Crippen LogP contribution is 2.32. The third-order valence-electron chi connectivity index (χ3n) is 5.51. The van der Waals surface area contributed by atoms with Crippen LogP contribution in [0.2, 0.25) is 0 Å². The zero-order chi connectivity index (χ0) is 22.8. The average molecular weight is 423 g/mol. The lowest BCUT2D eigenvalue weighted by molar-refractivity contribution is -0.152. The quantitative estimate of drug-likeness (QED) is 0.747. The fourth-order valence-electron chi connectivity index (χ4n) is 3.76. The molecule has 0 unspecified atom stereocenters. The molecule has 2 aromatic rings. The van der Waals surface area contributed by atoms with Crippen LogP contribution in [0.5, 0.6) is 0 Å². The molecule has 0 spiro atoms. The van der Waals surface area contributed by atoms with Gasteiger partial charge in [-0.1, -0.05) is 51.1 Å². The molecule has 0 aliphatic carbocycles. The number of rotatable bonds is 5. The van der Waals surface area contributed by atoms with Crippen molar-refractivity contribution in [2.75, 3.05) is 11.4 Å². The van der Waals surface area contributed by atoms with Gasteiger partial charge >= 0.3 is 5.97 Å². The predicted octanol–water partition coefficient (Wildman–Crippen LogP) is 3.62. The maximum absolute atomic E-state index is 12.9. The zero-order valence-corrected chi connectivity index (χ0v) is 18.8. The van der Waals surface area contributed by atoms with Crippen LogP contribution in [0.4, 0.5) is 5.69 Å². The molecule has 0 bridgehead atoms. The van der Waals surface area contributed by atoms with E-state index in [0.717, 1.165) is 23.2 Å². The summed E-state index contributed by atoms with van der Waals surface area (Å²) in [6.45, 7) is 9.52. The average Bonchev–Trinajstić information content (AvgIpc) is 3.06. The number of para-hydroxylation sites is 1. The van der Waals surface area contributed by atoms with Crippen molar-refractivity contribution in [1.29, 1.82) is 0 Å². The van der Waals surface area contributed by atoms with Gasteiger partial charge in [-0.3, -0.25) is 14.4 Å². The Morgan fingerprint density at radius 1 is 1.10 bits per heavy atom. The second-order valence-corrected chi connectivity index (χ2v) is 9.03. The number of nitrogens with zero attached hydrogens (tertiary/aromatic N) is 1. The summed E-state index contributed by atoms with van der Waals surface area (Å²) >= 11 is 0. The van der Waals surface area contributed by atoms with E-state index in [9.17, 15) is 14.4 Å². The first-order valence-corrected chi connectivity index (χ1v) is 10.6. The summed E-state index contributed by atoms with van der Waals surface area (Å²) in [7, 11) is 0. The van der Waals surface area contributed by atoms with Gasteiger partial charge in [0.05, 0.1) is 0 Å². The summed E-state index contributed by atoms with van der Waals surface area (Å²) in [6.07, 6.45) is -0.170. The number of carbonyl (C=O) groups excluding carboxylic acids is 3. The molecule has 0 saturated heterocycles. The summed E-state index contributed by atoms with van der Waals surface area (Å²) in [4.78, 5) is 39.1. The molecular weight excluding hydrogens is 392 g/mol. The highest BCUT2D eigenvalue weighted by atomic mass is 16.5. The minimum absolute atomic E-state index is 0.00169. The van der Waals surface area contributed by atoms with Crippen molar-refractivity contribution in [3.8, 4) is 0 Å². The van der Waals surface area contributed by atoms with Crippen LogP contribution in [0, 0.1) is 0 Å². The molecule has 2 atom stereocenters. The van der Waals surface area contributed by atoms with Gasteiger partial charge in [0.1, 0.15) is 6.54 Å². The minimum Gasteiger partial charge on any atom is -0.451 e. The van der Waals surface area contributed by atoms with Gasteiger partial charge < -0.3 is 15.0 Å². The minimum atomic E-state index is -0.941. The number of ether oxygens (including phenoxy) is 1. The van der Waals surface area contributed by atoms with E-state index in [0.29, 0.717) is 5.56 Å². The number of hydrogen-bond acceptors (Lipinski definition) is 4. The molecule has 164 valence electrons. The second kappa shape index (κ2) is 8.92. The zero-order valence-electron chi connectivity index (χ0n) is 18.8. The number of nitrogens with one attached hydrogen (secondary N) is 1. The van der Waals surface area contributed by atoms with Gasteiger partial charge in [0.15, 0.2) is 6.10 Å². The Morgan fingerprint density at radius 2 is 1.74 bits per heavy atom. The van der Waals surface area contributed by atoms with Crippen LogP contribution >= 0.6 is 0 Å². The predicted molar refractivity (Wildman–Crippen MR) is 120 cm³/mol. The van der Waals surface area contributed by atoms with Crippen molar-refractivity contribution >= 4 is 23.5 Å². The highest BCUT2D eigenvalue weighted by Gasteiger charge is 2.34. The first-order chi connectivity index (χ1) is 14.6. The van der Waals surface area contributed by atoms with Crippen LogP contribution in [0.3, 0.4) is 0 Å². The molecule has 3 rings (SSSR count). The van der Waals surface area contributed by atoms with Crippen LogP contribution in [-0.2, 0) is 26.2 Å². The number of benzene rings is 2. The largest absolute Gasteiger partial charge is 0.451 e. The standard InChI is InChI=1S/C25H30N2O4/c1-16-14-19-8-6-7-9-21(19)27(16)24(30)17(2)31-22(28)15-26-23(29)18-10-12-20(13-11-18)25(3,4)5/h6-13,16-17H,14-15H2,1-5H3,(H,26,29)/t16-,17+/m0/s1. The fourth-order valence-corrected chi connectivity index (χ4v) is 3.76. The van der Waals surface area contributed by atoms with Gasteiger partial charge in [0.2, 0.25) is 0 Å². The van der Waals surface area contributed by atoms with Gasteiger partial charge in [-0.2, -0.15) is 0 Å². The second-order valence-electron chi connectivity index (χ2n) is 9.03. The van der Waals surface area contributed by atoms with Crippen LogP contribution in [0.1, 0.15) is 56.1 Å². The molecule has 0 fully saturated rings. The maximum Gasteiger partial charge on any atom is 0.326 e. The molecule has 1 aliphatic heterocycles. The van der Waals surface area contributed by atoms with Gasteiger partial charge in [0, 0.05) is 17.3 Å². The Bertz CT molecular complexity index is 976. The van der Waals surface area contributed by atoms with E-state index in [-0.39, 0.29) is 29.8 Å². The van der Waals surface area contributed by atoms with Gasteiger partial charge in [0.25, 0.3) is 11.8 Å². The van der Waals surface area contributed by atoms with E-state index in [1.807, 2.05) is 43.3 Å². The lowest BCUT2D eigenvalue weighted by atomic mass is 9.87. The molecule has 2 amide bonds. The van der Waals surface area contributed by atoms with Crippen molar-refractivity contribution in [2.24, 2.45) is 0 Å². The number of esters is 1. The van der Waals surface area contributed by atoms with Crippen molar-refractivity contribution in [3.05, 3.63) is 65.2 Å². The van der Waals surface area contributed by atoms with Crippen molar-refractivity contribution < 1.29 is 19.1 Å².